The van der Waals surface area contributed by atoms with Gasteiger partial charge >= 0.3 is 12.0 Å². The monoisotopic (exact) mass is 321 g/mol. The number of carbonyl (C=O) groups is 3. The predicted octanol–water partition coefficient (Wildman–Crippen LogP) is 1.90. The van der Waals surface area contributed by atoms with Crippen molar-refractivity contribution in [1.29, 1.82) is 0 Å². The SMILES string of the molecule is CCCCOC(=O)c1ccc(NC(=O)NCCNC(C)=O)cc1. The molecule has 0 atom stereocenters. The molecular formula is C16H23N3O4. The van der Waals surface area contributed by atoms with Crippen molar-refractivity contribution in [3.8, 4) is 0 Å². The van der Waals surface area contributed by atoms with Crippen molar-refractivity contribution in [2.45, 2.75) is 26.7 Å². The number of amides is 3. The fourth-order valence-corrected chi connectivity index (χ4v) is 1.67. The maximum absolute atomic E-state index is 11.7. The Kier molecular flexibility index (Phi) is 8.20. The molecule has 0 aromatic heterocycles. The number of unbranched alkanes of at least 4 members (excludes halogenated alkanes) is 1. The topological polar surface area (TPSA) is 96.5 Å². The first-order chi connectivity index (χ1) is 11.0. The summed E-state index contributed by atoms with van der Waals surface area (Å²) in [6.07, 6.45) is 1.80. The molecule has 7 nitrogen and oxygen atoms in total. The second-order valence-electron chi connectivity index (χ2n) is 4.93. The van der Waals surface area contributed by atoms with Gasteiger partial charge in [-0.3, -0.25) is 4.79 Å². The summed E-state index contributed by atoms with van der Waals surface area (Å²) < 4.78 is 5.10. The van der Waals surface area contributed by atoms with E-state index >= 15 is 0 Å². The zero-order valence-corrected chi connectivity index (χ0v) is 13.5. The quantitative estimate of drug-likeness (QED) is 0.503. The summed E-state index contributed by atoms with van der Waals surface area (Å²) in [7, 11) is 0. The number of benzene rings is 1. The van der Waals surface area contributed by atoms with Crippen LogP contribution in [0.4, 0.5) is 10.5 Å². The van der Waals surface area contributed by atoms with Crippen LogP contribution in [0.25, 0.3) is 0 Å². The van der Waals surface area contributed by atoms with Crippen LogP contribution in [0.3, 0.4) is 0 Å². The lowest BCUT2D eigenvalue weighted by Gasteiger charge is -2.08. The van der Waals surface area contributed by atoms with E-state index in [1.807, 2.05) is 6.92 Å². The zero-order valence-electron chi connectivity index (χ0n) is 13.5. The van der Waals surface area contributed by atoms with Crippen LogP contribution in [0.5, 0.6) is 0 Å². The highest BCUT2D eigenvalue weighted by atomic mass is 16.5. The van der Waals surface area contributed by atoms with Crippen molar-refractivity contribution in [1.82, 2.24) is 10.6 Å². The molecule has 1 rings (SSSR count). The van der Waals surface area contributed by atoms with Gasteiger partial charge in [-0.1, -0.05) is 13.3 Å². The lowest BCUT2D eigenvalue weighted by molar-refractivity contribution is -0.118. The lowest BCUT2D eigenvalue weighted by atomic mass is 10.2. The molecule has 0 aliphatic heterocycles. The Balaban J connectivity index is 2.36. The summed E-state index contributed by atoms with van der Waals surface area (Å²) in [5, 5.41) is 7.81. The molecule has 0 radical (unpaired) electrons. The third-order valence-corrected chi connectivity index (χ3v) is 2.89. The smallest absolute Gasteiger partial charge is 0.338 e. The molecular weight excluding hydrogens is 298 g/mol. The number of hydrogen-bond acceptors (Lipinski definition) is 4. The van der Waals surface area contributed by atoms with E-state index < -0.39 is 0 Å². The number of ether oxygens (including phenoxy) is 1. The molecule has 1 aromatic rings. The van der Waals surface area contributed by atoms with Crippen molar-refractivity contribution in [2.24, 2.45) is 0 Å². The standard InChI is InChI=1S/C16H23N3O4/c1-3-4-11-23-15(21)13-5-7-14(8-6-13)19-16(22)18-10-9-17-12(2)20/h5-8H,3-4,9-11H2,1-2H3,(H,17,20)(H2,18,19,22). The van der Waals surface area contributed by atoms with Gasteiger partial charge in [0.05, 0.1) is 12.2 Å². The van der Waals surface area contributed by atoms with Crippen molar-refractivity contribution < 1.29 is 19.1 Å². The highest BCUT2D eigenvalue weighted by Gasteiger charge is 2.07. The van der Waals surface area contributed by atoms with E-state index in [0.29, 0.717) is 30.9 Å². The average molecular weight is 321 g/mol. The van der Waals surface area contributed by atoms with Gasteiger partial charge in [-0.2, -0.15) is 0 Å². The Morgan fingerprint density at radius 1 is 1.04 bits per heavy atom. The van der Waals surface area contributed by atoms with E-state index in [1.54, 1.807) is 24.3 Å². The summed E-state index contributed by atoms with van der Waals surface area (Å²) in [4.78, 5) is 34.0. The molecule has 0 heterocycles. The Bertz CT molecular complexity index is 529. The third kappa shape index (κ3) is 7.85. The highest BCUT2D eigenvalue weighted by molar-refractivity contribution is 5.92. The molecule has 0 spiro atoms. The average Bonchev–Trinajstić information content (AvgIpc) is 2.52. The molecule has 3 amide bonds. The van der Waals surface area contributed by atoms with Crippen molar-refractivity contribution in [3.63, 3.8) is 0 Å². The van der Waals surface area contributed by atoms with E-state index in [-0.39, 0.29) is 17.9 Å². The summed E-state index contributed by atoms with van der Waals surface area (Å²) in [5.41, 5.74) is 1.00. The van der Waals surface area contributed by atoms with Gasteiger partial charge in [-0.05, 0) is 30.7 Å². The van der Waals surface area contributed by atoms with E-state index in [4.69, 9.17) is 4.74 Å². The lowest BCUT2D eigenvalue weighted by Crippen LogP contribution is -2.36. The van der Waals surface area contributed by atoms with Crippen LogP contribution >= 0.6 is 0 Å². The fraction of sp³-hybridized carbons (Fsp3) is 0.438. The maximum atomic E-state index is 11.7. The molecule has 126 valence electrons. The summed E-state index contributed by atoms with van der Waals surface area (Å²) in [6, 6.07) is 6.07. The van der Waals surface area contributed by atoms with Crippen LogP contribution in [0.1, 0.15) is 37.0 Å². The van der Waals surface area contributed by atoms with Gasteiger partial charge in [0, 0.05) is 25.7 Å². The molecule has 3 N–H and O–H groups in total. The number of hydrogen-bond donors (Lipinski definition) is 3. The Hall–Kier alpha value is -2.57. The normalized spacial score (nSPS) is 9.83. The predicted molar refractivity (Wildman–Crippen MR) is 87.3 cm³/mol. The zero-order chi connectivity index (χ0) is 17.1. The fourth-order valence-electron chi connectivity index (χ4n) is 1.67. The number of esters is 1. The van der Waals surface area contributed by atoms with Gasteiger partial charge in [-0.15, -0.1) is 0 Å². The van der Waals surface area contributed by atoms with Crippen molar-refractivity contribution in [3.05, 3.63) is 29.8 Å². The second kappa shape index (κ2) is 10.2. The third-order valence-electron chi connectivity index (χ3n) is 2.89. The minimum Gasteiger partial charge on any atom is -0.462 e. The number of nitrogens with one attached hydrogen (secondary N) is 3. The van der Waals surface area contributed by atoms with Crippen molar-refractivity contribution in [2.75, 3.05) is 25.0 Å². The van der Waals surface area contributed by atoms with Crippen LogP contribution in [-0.4, -0.2) is 37.6 Å². The summed E-state index contributed by atoms with van der Waals surface area (Å²) in [6.45, 7) is 4.54. The van der Waals surface area contributed by atoms with Crippen LogP contribution in [0.15, 0.2) is 24.3 Å². The molecule has 0 aliphatic carbocycles. The van der Waals surface area contributed by atoms with E-state index in [9.17, 15) is 14.4 Å². The molecule has 23 heavy (non-hydrogen) atoms. The largest absolute Gasteiger partial charge is 0.462 e. The van der Waals surface area contributed by atoms with Gasteiger partial charge in [0.2, 0.25) is 5.91 Å². The first-order valence-corrected chi connectivity index (χ1v) is 7.59. The molecule has 0 saturated heterocycles. The van der Waals surface area contributed by atoms with Crippen LogP contribution in [0.2, 0.25) is 0 Å². The Morgan fingerprint density at radius 3 is 2.30 bits per heavy atom. The Morgan fingerprint density at radius 2 is 1.70 bits per heavy atom. The minimum absolute atomic E-state index is 0.145. The highest BCUT2D eigenvalue weighted by Crippen LogP contribution is 2.10. The van der Waals surface area contributed by atoms with Gasteiger partial charge < -0.3 is 20.7 Å². The molecule has 0 fully saturated rings. The van der Waals surface area contributed by atoms with Gasteiger partial charge in [0.15, 0.2) is 0 Å². The maximum Gasteiger partial charge on any atom is 0.338 e. The van der Waals surface area contributed by atoms with Crippen molar-refractivity contribution >= 4 is 23.6 Å². The molecule has 0 unspecified atom stereocenters. The summed E-state index contributed by atoms with van der Waals surface area (Å²) >= 11 is 0. The molecule has 0 aliphatic rings. The van der Waals surface area contributed by atoms with Crippen LogP contribution in [-0.2, 0) is 9.53 Å². The van der Waals surface area contributed by atoms with Crippen LogP contribution < -0.4 is 16.0 Å². The number of urea groups is 1. The molecule has 0 saturated carbocycles. The second-order valence-corrected chi connectivity index (χ2v) is 4.93. The van der Waals surface area contributed by atoms with Crippen LogP contribution in [0, 0.1) is 0 Å². The summed E-state index contributed by atoms with van der Waals surface area (Å²) in [5.74, 6) is -0.515. The first kappa shape index (κ1) is 18.5. The molecule has 1 aromatic carbocycles. The first-order valence-electron chi connectivity index (χ1n) is 7.59. The Labute approximate surface area is 135 Å². The van der Waals surface area contributed by atoms with E-state index in [1.165, 1.54) is 6.92 Å². The molecule has 7 heteroatoms. The molecule has 0 bridgehead atoms. The number of anilines is 1. The van der Waals surface area contributed by atoms with E-state index in [0.717, 1.165) is 12.8 Å². The van der Waals surface area contributed by atoms with Gasteiger partial charge in [-0.25, -0.2) is 9.59 Å². The van der Waals surface area contributed by atoms with Gasteiger partial charge in [0.1, 0.15) is 0 Å². The van der Waals surface area contributed by atoms with E-state index in [2.05, 4.69) is 16.0 Å². The number of rotatable bonds is 8. The minimum atomic E-state index is -0.381. The van der Waals surface area contributed by atoms with Gasteiger partial charge in [0.25, 0.3) is 0 Å². The number of carbonyl (C=O) groups excluding carboxylic acids is 3.